The molecule has 2 rings (SSSR count). The predicted octanol–water partition coefficient (Wildman–Crippen LogP) is 0.585. The summed E-state index contributed by atoms with van der Waals surface area (Å²) in [6.07, 6.45) is 0.568. The van der Waals surface area contributed by atoms with Crippen molar-refractivity contribution in [2.24, 2.45) is 5.14 Å². The molecule has 20 heavy (non-hydrogen) atoms. The normalized spacial score (nSPS) is 11.9. The highest BCUT2D eigenvalue weighted by Gasteiger charge is 2.16. The van der Waals surface area contributed by atoms with Gasteiger partial charge in [0.15, 0.2) is 0 Å². The van der Waals surface area contributed by atoms with Gasteiger partial charge in [0.05, 0.1) is 16.8 Å². The summed E-state index contributed by atoms with van der Waals surface area (Å²) in [5.74, 6) is -0.644. The number of sulfonamides is 1. The largest absolute Gasteiger partial charge is 0.478 e. The van der Waals surface area contributed by atoms with Crippen LogP contribution in [0, 0.1) is 0 Å². The van der Waals surface area contributed by atoms with Gasteiger partial charge in [0, 0.05) is 13.0 Å². The average molecular weight is 297 g/mol. The lowest BCUT2D eigenvalue weighted by Crippen LogP contribution is -2.21. The summed E-state index contributed by atoms with van der Waals surface area (Å²) in [7, 11) is -3.59. The Morgan fingerprint density at radius 3 is 2.70 bits per heavy atom. The number of primary sulfonamides is 1. The molecule has 0 spiro atoms. The minimum absolute atomic E-state index is 0.103. The van der Waals surface area contributed by atoms with Crippen LogP contribution in [0.1, 0.15) is 23.1 Å². The van der Waals surface area contributed by atoms with Crippen molar-refractivity contribution in [3.05, 3.63) is 29.6 Å². The Bertz CT molecular complexity index is 764. The molecule has 0 saturated carbocycles. The van der Waals surface area contributed by atoms with Crippen LogP contribution in [0.25, 0.3) is 11.0 Å². The van der Waals surface area contributed by atoms with Crippen LogP contribution < -0.4 is 5.14 Å². The number of nitrogens with zero attached hydrogens (tertiary/aromatic N) is 2. The Morgan fingerprint density at radius 2 is 2.15 bits per heavy atom. The number of imidazole rings is 1. The first kappa shape index (κ1) is 14.5. The van der Waals surface area contributed by atoms with Crippen molar-refractivity contribution in [2.45, 2.75) is 19.9 Å². The highest BCUT2D eigenvalue weighted by Crippen LogP contribution is 2.21. The Hall–Kier alpha value is -1.93. The fraction of sp³-hybridized carbons (Fsp3) is 0.333. The number of benzene rings is 1. The number of nitrogens with two attached hydrogens (primary N) is 1. The zero-order chi connectivity index (χ0) is 14.9. The minimum Gasteiger partial charge on any atom is -0.478 e. The van der Waals surface area contributed by atoms with Gasteiger partial charge in [-0.15, -0.1) is 0 Å². The predicted molar refractivity (Wildman–Crippen MR) is 74.0 cm³/mol. The topological polar surface area (TPSA) is 115 Å². The Morgan fingerprint density at radius 1 is 1.45 bits per heavy atom. The highest BCUT2D eigenvalue weighted by molar-refractivity contribution is 7.89. The van der Waals surface area contributed by atoms with E-state index in [1.165, 1.54) is 6.07 Å². The molecule has 1 heterocycles. The van der Waals surface area contributed by atoms with E-state index in [9.17, 15) is 13.2 Å². The summed E-state index contributed by atoms with van der Waals surface area (Å²) in [6.45, 7) is 2.02. The van der Waals surface area contributed by atoms with Crippen LogP contribution in [-0.2, 0) is 23.0 Å². The molecule has 108 valence electrons. The maximum Gasteiger partial charge on any atom is 0.337 e. The molecule has 0 amide bonds. The molecular formula is C12H15N3O4S. The van der Waals surface area contributed by atoms with Crippen LogP contribution in [-0.4, -0.2) is 34.8 Å². The monoisotopic (exact) mass is 297 g/mol. The lowest BCUT2D eigenvalue weighted by Gasteiger charge is -2.07. The van der Waals surface area contributed by atoms with Crippen LogP contribution in [0.15, 0.2) is 18.2 Å². The average Bonchev–Trinajstić information content (AvgIpc) is 2.72. The number of para-hydroxylation sites is 1. The number of aryl methyl sites for hydroxylation is 2. The SMILES string of the molecule is CCc1nc2c(C(=O)O)cccc2n1CCS(N)(=O)=O. The smallest absolute Gasteiger partial charge is 0.337 e. The second kappa shape index (κ2) is 5.22. The number of hydrogen-bond acceptors (Lipinski definition) is 4. The zero-order valence-electron chi connectivity index (χ0n) is 10.9. The van der Waals surface area contributed by atoms with Gasteiger partial charge in [0.2, 0.25) is 10.0 Å². The lowest BCUT2D eigenvalue weighted by atomic mass is 10.2. The first-order chi connectivity index (χ1) is 9.33. The Balaban J connectivity index is 2.58. The second-order valence-corrected chi connectivity index (χ2v) is 6.11. The van der Waals surface area contributed by atoms with E-state index in [1.807, 2.05) is 6.92 Å². The molecule has 0 saturated heterocycles. The summed E-state index contributed by atoms with van der Waals surface area (Å²) in [5, 5.41) is 14.2. The highest BCUT2D eigenvalue weighted by atomic mass is 32.2. The molecule has 2 aromatic rings. The van der Waals surface area contributed by atoms with Gasteiger partial charge in [-0.1, -0.05) is 13.0 Å². The molecule has 1 aromatic carbocycles. The molecule has 0 aliphatic heterocycles. The Kier molecular flexibility index (Phi) is 3.78. The van der Waals surface area contributed by atoms with Crippen LogP contribution in [0.2, 0.25) is 0 Å². The molecule has 0 fully saturated rings. The van der Waals surface area contributed by atoms with E-state index in [4.69, 9.17) is 10.2 Å². The molecule has 0 aliphatic rings. The number of fused-ring (bicyclic) bond motifs is 1. The van der Waals surface area contributed by atoms with Crippen molar-refractivity contribution in [1.82, 2.24) is 9.55 Å². The number of carboxylic acids is 1. The number of carboxylic acid groups (broad SMARTS) is 1. The fourth-order valence-electron chi connectivity index (χ4n) is 2.11. The number of hydrogen-bond donors (Lipinski definition) is 2. The fourth-order valence-corrected chi connectivity index (χ4v) is 2.54. The van der Waals surface area contributed by atoms with E-state index in [0.29, 0.717) is 23.3 Å². The van der Waals surface area contributed by atoms with Crippen molar-refractivity contribution >= 4 is 27.0 Å². The molecular weight excluding hydrogens is 282 g/mol. The molecule has 3 N–H and O–H groups in total. The van der Waals surface area contributed by atoms with Gasteiger partial charge in [-0.25, -0.2) is 23.3 Å². The van der Waals surface area contributed by atoms with Crippen molar-refractivity contribution in [1.29, 1.82) is 0 Å². The maximum atomic E-state index is 11.2. The minimum atomic E-state index is -3.59. The van der Waals surface area contributed by atoms with E-state index < -0.39 is 16.0 Å². The molecule has 0 unspecified atom stereocenters. The molecule has 0 aliphatic carbocycles. The van der Waals surface area contributed by atoms with E-state index in [-0.39, 0.29) is 17.9 Å². The standard InChI is InChI=1S/C12H15N3O4S/c1-2-10-14-11-8(12(16)17)4-3-5-9(11)15(10)6-7-20(13,18)19/h3-5H,2,6-7H2,1H3,(H,16,17)(H2,13,18,19). The summed E-state index contributed by atoms with van der Waals surface area (Å²) in [4.78, 5) is 15.5. The Labute approximate surface area is 116 Å². The van der Waals surface area contributed by atoms with Crippen molar-refractivity contribution < 1.29 is 18.3 Å². The van der Waals surface area contributed by atoms with Gasteiger partial charge < -0.3 is 9.67 Å². The van der Waals surface area contributed by atoms with Crippen molar-refractivity contribution in [2.75, 3.05) is 5.75 Å². The lowest BCUT2D eigenvalue weighted by molar-refractivity contribution is 0.0699. The summed E-state index contributed by atoms with van der Waals surface area (Å²) >= 11 is 0. The molecule has 8 heteroatoms. The van der Waals surface area contributed by atoms with E-state index in [0.717, 1.165) is 0 Å². The third kappa shape index (κ3) is 2.81. The number of carbonyl (C=O) groups is 1. The van der Waals surface area contributed by atoms with Crippen LogP contribution in [0.5, 0.6) is 0 Å². The van der Waals surface area contributed by atoms with Gasteiger partial charge in [0.1, 0.15) is 11.3 Å². The van der Waals surface area contributed by atoms with Crippen LogP contribution in [0.3, 0.4) is 0 Å². The van der Waals surface area contributed by atoms with Crippen LogP contribution >= 0.6 is 0 Å². The van der Waals surface area contributed by atoms with Gasteiger partial charge >= 0.3 is 5.97 Å². The van der Waals surface area contributed by atoms with Crippen molar-refractivity contribution in [3.63, 3.8) is 0 Å². The quantitative estimate of drug-likeness (QED) is 0.837. The molecule has 0 bridgehead atoms. The molecule has 0 atom stereocenters. The zero-order valence-corrected chi connectivity index (χ0v) is 11.7. The third-order valence-corrected chi connectivity index (χ3v) is 3.76. The van der Waals surface area contributed by atoms with Gasteiger partial charge in [-0.05, 0) is 12.1 Å². The first-order valence-corrected chi connectivity index (χ1v) is 7.77. The maximum absolute atomic E-state index is 11.2. The summed E-state index contributed by atoms with van der Waals surface area (Å²) in [6, 6.07) is 4.80. The van der Waals surface area contributed by atoms with Crippen molar-refractivity contribution in [3.8, 4) is 0 Å². The van der Waals surface area contributed by atoms with E-state index in [1.54, 1.807) is 16.7 Å². The number of aromatic nitrogens is 2. The first-order valence-electron chi connectivity index (χ1n) is 6.05. The second-order valence-electron chi connectivity index (χ2n) is 4.38. The summed E-state index contributed by atoms with van der Waals surface area (Å²) < 4.78 is 23.9. The van der Waals surface area contributed by atoms with Gasteiger partial charge in [0.25, 0.3) is 0 Å². The number of rotatable bonds is 5. The number of aromatic carboxylic acids is 1. The summed E-state index contributed by atoms with van der Waals surface area (Å²) in [5.41, 5.74) is 1.07. The third-order valence-electron chi connectivity index (χ3n) is 3.00. The van der Waals surface area contributed by atoms with Gasteiger partial charge in [-0.2, -0.15) is 0 Å². The molecule has 7 nitrogen and oxygen atoms in total. The van der Waals surface area contributed by atoms with E-state index >= 15 is 0 Å². The molecule has 1 aromatic heterocycles. The van der Waals surface area contributed by atoms with Gasteiger partial charge in [-0.3, -0.25) is 0 Å². The van der Waals surface area contributed by atoms with Crippen LogP contribution in [0.4, 0.5) is 0 Å². The van der Waals surface area contributed by atoms with E-state index in [2.05, 4.69) is 4.98 Å². The molecule has 0 radical (unpaired) electrons.